The lowest BCUT2D eigenvalue weighted by Crippen LogP contribution is -2.53. The lowest BCUT2D eigenvalue weighted by Gasteiger charge is -2.28. The molecule has 7 nitrogen and oxygen atoms in total. The SMILES string of the molecule is COC(=O)C(=O)[C@]1(C(=O)OC)C(C)=NC(/C=C/c2ccccc2)=Nc2ccccc21. The number of hydrogen-bond donors (Lipinski definition) is 0. The number of ether oxygens (including phenoxy) is 2. The molecule has 30 heavy (non-hydrogen) atoms. The molecule has 1 atom stereocenters. The van der Waals surface area contributed by atoms with E-state index in [4.69, 9.17) is 4.74 Å². The summed E-state index contributed by atoms with van der Waals surface area (Å²) in [4.78, 5) is 47.2. The van der Waals surface area contributed by atoms with Crippen molar-refractivity contribution in [2.75, 3.05) is 14.2 Å². The Balaban J connectivity index is 2.24. The zero-order valence-electron chi connectivity index (χ0n) is 16.8. The van der Waals surface area contributed by atoms with Gasteiger partial charge in [-0.25, -0.2) is 14.8 Å². The highest BCUT2D eigenvalue weighted by atomic mass is 16.5. The van der Waals surface area contributed by atoms with Gasteiger partial charge in [0.1, 0.15) is 0 Å². The van der Waals surface area contributed by atoms with Crippen LogP contribution < -0.4 is 0 Å². The lowest BCUT2D eigenvalue weighted by molar-refractivity contribution is -0.159. The summed E-state index contributed by atoms with van der Waals surface area (Å²) < 4.78 is 9.56. The number of aliphatic imine (C=N–C) groups is 2. The fraction of sp³-hybridized carbons (Fsp3) is 0.174. The van der Waals surface area contributed by atoms with Crippen LogP contribution in [0.5, 0.6) is 0 Å². The molecule has 0 bridgehead atoms. The minimum Gasteiger partial charge on any atom is -0.468 e. The van der Waals surface area contributed by atoms with Gasteiger partial charge in [-0.15, -0.1) is 0 Å². The van der Waals surface area contributed by atoms with Crippen LogP contribution in [0.4, 0.5) is 5.69 Å². The van der Waals surface area contributed by atoms with E-state index in [9.17, 15) is 14.4 Å². The van der Waals surface area contributed by atoms with Crippen molar-refractivity contribution in [2.45, 2.75) is 12.3 Å². The fourth-order valence-corrected chi connectivity index (χ4v) is 3.33. The first-order valence-corrected chi connectivity index (χ1v) is 9.13. The number of carbonyl (C=O) groups is 3. The predicted octanol–water partition coefficient (Wildman–Crippen LogP) is 3.06. The fourth-order valence-electron chi connectivity index (χ4n) is 3.33. The minimum absolute atomic E-state index is 0.0613. The molecular weight excluding hydrogens is 384 g/mol. The smallest absolute Gasteiger partial charge is 0.376 e. The van der Waals surface area contributed by atoms with Gasteiger partial charge in [0.2, 0.25) is 5.41 Å². The van der Waals surface area contributed by atoms with E-state index in [1.54, 1.807) is 30.3 Å². The Hall–Kier alpha value is -3.87. The van der Waals surface area contributed by atoms with Crippen LogP contribution in [0.1, 0.15) is 18.1 Å². The van der Waals surface area contributed by atoms with Gasteiger partial charge in [0.05, 0.1) is 19.9 Å². The van der Waals surface area contributed by atoms with Gasteiger partial charge in [-0.05, 0) is 24.6 Å². The molecule has 3 rings (SSSR count). The summed E-state index contributed by atoms with van der Waals surface area (Å²) in [6.45, 7) is 1.49. The van der Waals surface area contributed by atoms with Crippen molar-refractivity contribution in [3.8, 4) is 0 Å². The van der Waals surface area contributed by atoms with E-state index in [1.165, 1.54) is 6.92 Å². The van der Waals surface area contributed by atoms with Gasteiger partial charge < -0.3 is 9.47 Å². The molecule has 0 spiro atoms. The van der Waals surface area contributed by atoms with Crippen molar-refractivity contribution in [1.82, 2.24) is 0 Å². The number of hydrogen-bond acceptors (Lipinski definition) is 7. The molecule has 0 amide bonds. The number of nitrogens with zero attached hydrogens (tertiary/aromatic N) is 2. The molecule has 152 valence electrons. The first-order chi connectivity index (χ1) is 14.4. The van der Waals surface area contributed by atoms with E-state index in [2.05, 4.69) is 14.7 Å². The quantitative estimate of drug-likeness (QED) is 0.434. The third-order valence-corrected chi connectivity index (χ3v) is 4.80. The lowest BCUT2D eigenvalue weighted by atomic mass is 9.72. The second-order valence-corrected chi connectivity index (χ2v) is 6.49. The van der Waals surface area contributed by atoms with Gasteiger partial charge in [-0.1, -0.05) is 54.6 Å². The standard InChI is InChI=1S/C23H20N2O5/c1-15-23(22(28)30-3,20(26)21(27)29-2)17-11-7-8-12-18(17)25-19(24-15)14-13-16-9-5-4-6-10-16/h4-14H,1-3H3/b14-13+/t23-/m0/s1. The van der Waals surface area contributed by atoms with Crippen molar-refractivity contribution in [3.05, 3.63) is 71.8 Å². The summed E-state index contributed by atoms with van der Waals surface area (Å²) in [6.07, 6.45) is 3.48. The van der Waals surface area contributed by atoms with Crippen LogP contribution in [0.2, 0.25) is 0 Å². The summed E-state index contributed by atoms with van der Waals surface area (Å²) in [7, 11) is 2.22. The zero-order chi connectivity index (χ0) is 21.7. The molecule has 1 heterocycles. The summed E-state index contributed by atoms with van der Waals surface area (Å²) in [5, 5.41) is 0. The average Bonchev–Trinajstić information content (AvgIpc) is 2.90. The van der Waals surface area contributed by atoms with Crippen LogP contribution in [0.15, 0.2) is 70.7 Å². The summed E-state index contributed by atoms with van der Waals surface area (Å²) in [5.41, 5.74) is -0.573. The van der Waals surface area contributed by atoms with Crippen molar-refractivity contribution < 1.29 is 23.9 Å². The second kappa shape index (κ2) is 8.65. The summed E-state index contributed by atoms with van der Waals surface area (Å²) >= 11 is 0. The van der Waals surface area contributed by atoms with Crippen molar-refractivity contribution in [3.63, 3.8) is 0 Å². The molecule has 7 heteroatoms. The number of carbonyl (C=O) groups excluding carboxylic acids is 3. The van der Waals surface area contributed by atoms with Crippen molar-refractivity contribution in [1.29, 1.82) is 0 Å². The van der Waals surface area contributed by atoms with E-state index >= 15 is 0 Å². The first kappa shape index (κ1) is 20.9. The molecule has 2 aromatic carbocycles. The van der Waals surface area contributed by atoms with E-state index < -0.39 is 23.1 Å². The molecule has 0 fully saturated rings. The molecule has 0 unspecified atom stereocenters. The molecule has 1 aliphatic rings. The van der Waals surface area contributed by atoms with Gasteiger partial charge in [0, 0.05) is 11.3 Å². The number of amidine groups is 1. The number of para-hydroxylation sites is 1. The molecule has 1 aliphatic heterocycles. The van der Waals surface area contributed by atoms with E-state index in [0.29, 0.717) is 5.69 Å². The molecule has 2 aromatic rings. The largest absolute Gasteiger partial charge is 0.468 e. The third-order valence-electron chi connectivity index (χ3n) is 4.80. The van der Waals surface area contributed by atoms with E-state index in [-0.39, 0.29) is 17.1 Å². The summed E-state index contributed by atoms with van der Waals surface area (Å²) in [6, 6.07) is 16.1. The molecule has 0 aliphatic carbocycles. The Morgan fingerprint density at radius 2 is 1.53 bits per heavy atom. The maximum Gasteiger partial charge on any atom is 0.376 e. The highest BCUT2D eigenvalue weighted by Gasteiger charge is 2.56. The first-order valence-electron chi connectivity index (χ1n) is 9.13. The number of rotatable bonds is 5. The minimum atomic E-state index is -2.09. The van der Waals surface area contributed by atoms with Crippen molar-refractivity contribution >= 4 is 41.0 Å². The number of methoxy groups -OCH3 is 2. The number of Topliss-reactive ketones (excluding diaryl/α,β-unsaturated/α-hetero) is 1. The molecule has 0 aromatic heterocycles. The van der Waals surface area contributed by atoms with Gasteiger partial charge in [0.15, 0.2) is 5.84 Å². The molecule has 0 radical (unpaired) electrons. The highest BCUT2D eigenvalue weighted by Crippen LogP contribution is 2.38. The predicted molar refractivity (Wildman–Crippen MR) is 113 cm³/mol. The molecule has 0 N–H and O–H groups in total. The van der Waals surface area contributed by atoms with Gasteiger partial charge in [-0.2, -0.15) is 0 Å². The van der Waals surface area contributed by atoms with Crippen LogP contribution in [0, 0.1) is 0 Å². The maximum absolute atomic E-state index is 13.1. The Bertz CT molecular complexity index is 1090. The second-order valence-electron chi connectivity index (χ2n) is 6.49. The third kappa shape index (κ3) is 3.57. The number of fused-ring (bicyclic) bond motifs is 1. The van der Waals surface area contributed by atoms with Crippen LogP contribution in [-0.2, 0) is 29.3 Å². The van der Waals surface area contributed by atoms with Gasteiger partial charge >= 0.3 is 11.9 Å². The Morgan fingerprint density at radius 3 is 2.20 bits per heavy atom. The number of ketones is 1. The number of esters is 2. The Labute approximate surface area is 173 Å². The van der Waals surface area contributed by atoms with Gasteiger partial charge in [0.25, 0.3) is 5.78 Å². The van der Waals surface area contributed by atoms with Crippen LogP contribution in [0.3, 0.4) is 0 Å². The zero-order valence-corrected chi connectivity index (χ0v) is 16.8. The Kier molecular flexibility index (Phi) is 6.01. The van der Waals surface area contributed by atoms with E-state index in [1.807, 2.05) is 36.4 Å². The monoisotopic (exact) mass is 404 g/mol. The average molecular weight is 404 g/mol. The normalized spacial score (nSPS) is 18.0. The van der Waals surface area contributed by atoms with E-state index in [0.717, 1.165) is 19.8 Å². The molecule has 0 saturated heterocycles. The van der Waals surface area contributed by atoms with Crippen molar-refractivity contribution in [2.24, 2.45) is 9.98 Å². The topological polar surface area (TPSA) is 94.4 Å². The van der Waals surface area contributed by atoms with Crippen LogP contribution >= 0.6 is 0 Å². The van der Waals surface area contributed by atoms with Gasteiger partial charge in [-0.3, -0.25) is 9.59 Å². The summed E-state index contributed by atoms with van der Waals surface area (Å²) in [5.74, 6) is -2.93. The molecular formula is C23H20N2O5. The molecule has 0 saturated carbocycles. The highest BCUT2D eigenvalue weighted by molar-refractivity contribution is 6.50. The van der Waals surface area contributed by atoms with Crippen LogP contribution in [0.25, 0.3) is 6.08 Å². The van der Waals surface area contributed by atoms with Crippen LogP contribution in [-0.4, -0.2) is 43.5 Å². The number of benzene rings is 2. The maximum atomic E-state index is 13.1. The Morgan fingerprint density at radius 1 is 0.867 bits per heavy atom.